The summed E-state index contributed by atoms with van der Waals surface area (Å²) in [5, 5.41) is 2.61. The first-order valence-corrected chi connectivity index (χ1v) is 8.57. The van der Waals surface area contributed by atoms with Gasteiger partial charge in [0.15, 0.2) is 0 Å². The fourth-order valence-electron chi connectivity index (χ4n) is 2.02. The number of hydrogen-bond donors (Lipinski definition) is 1. The smallest absolute Gasteiger partial charge is 0.410 e. The zero-order chi connectivity index (χ0) is 17.4. The Kier molecular flexibility index (Phi) is 6.69. The minimum Gasteiger partial charge on any atom is -0.410 e. The third kappa shape index (κ3) is 5.62. The van der Waals surface area contributed by atoms with E-state index in [9.17, 15) is 9.59 Å². The van der Waals surface area contributed by atoms with Crippen LogP contribution >= 0.6 is 11.8 Å². The number of ether oxygens (including phenoxy) is 1. The molecule has 0 saturated carbocycles. The second-order valence-corrected chi connectivity index (χ2v) is 6.32. The van der Waals surface area contributed by atoms with Crippen molar-refractivity contribution in [1.82, 2.24) is 4.90 Å². The molecule has 0 aliphatic carbocycles. The Bertz CT molecular complexity index is 692. The number of anilines is 1. The van der Waals surface area contributed by atoms with E-state index in [-0.39, 0.29) is 5.24 Å². The maximum absolute atomic E-state index is 12.2. The maximum atomic E-state index is 12.2. The van der Waals surface area contributed by atoms with Crippen LogP contribution in [0.3, 0.4) is 0 Å². The van der Waals surface area contributed by atoms with Gasteiger partial charge in [0, 0.05) is 25.3 Å². The monoisotopic (exact) mass is 344 g/mol. The fraction of sp³-hybridized carbons (Fsp3) is 0.222. The molecule has 0 fully saturated rings. The van der Waals surface area contributed by atoms with E-state index in [2.05, 4.69) is 5.32 Å². The van der Waals surface area contributed by atoms with Gasteiger partial charge in [0.1, 0.15) is 5.75 Å². The molecule has 0 radical (unpaired) electrons. The third-order valence-electron chi connectivity index (χ3n) is 3.14. The van der Waals surface area contributed by atoms with Gasteiger partial charge >= 0.3 is 6.09 Å². The highest BCUT2D eigenvalue weighted by Crippen LogP contribution is 2.20. The van der Waals surface area contributed by atoms with Gasteiger partial charge in [0.25, 0.3) is 5.24 Å². The van der Waals surface area contributed by atoms with Crippen molar-refractivity contribution >= 4 is 28.8 Å². The lowest BCUT2D eigenvalue weighted by atomic mass is 10.2. The molecule has 0 aliphatic rings. The van der Waals surface area contributed by atoms with Crippen LogP contribution in [-0.4, -0.2) is 29.0 Å². The number of benzene rings is 2. The summed E-state index contributed by atoms with van der Waals surface area (Å²) in [5.74, 6) is 1.09. The van der Waals surface area contributed by atoms with Crippen LogP contribution in [0.4, 0.5) is 15.3 Å². The van der Waals surface area contributed by atoms with Crippen LogP contribution in [-0.2, 0) is 6.54 Å². The van der Waals surface area contributed by atoms with E-state index >= 15 is 0 Å². The lowest BCUT2D eigenvalue weighted by molar-refractivity contribution is 0.161. The van der Waals surface area contributed by atoms with E-state index in [1.165, 1.54) is 16.7 Å². The van der Waals surface area contributed by atoms with E-state index in [1.807, 2.05) is 37.3 Å². The van der Waals surface area contributed by atoms with Crippen LogP contribution in [0.15, 0.2) is 54.6 Å². The number of carbonyl (C=O) groups excluding carboxylic acids is 2. The molecule has 2 rings (SSSR count). The van der Waals surface area contributed by atoms with Crippen molar-refractivity contribution in [2.75, 3.05) is 18.1 Å². The Morgan fingerprint density at radius 1 is 1.12 bits per heavy atom. The van der Waals surface area contributed by atoms with E-state index < -0.39 is 6.09 Å². The Morgan fingerprint density at radius 2 is 1.88 bits per heavy atom. The highest BCUT2D eigenvalue weighted by molar-refractivity contribution is 8.13. The molecule has 0 atom stereocenters. The van der Waals surface area contributed by atoms with Gasteiger partial charge in [-0.15, -0.1) is 0 Å². The van der Waals surface area contributed by atoms with E-state index in [0.29, 0.717) is 23.7 Å². The molecule has 0 spiro atoms. The van der Waals surface area contributed by atoms with Crippen molar-refractivity contribution in [3.63, 3.8) is 0 Å². The lowest BCUT2D eigenvalue weighted by Crippen LogP contribution is -2.29. The zero-order valence-electron chi connectivity index (χ0n) is 13.7. The average Bonchev–Trinajstić information content (AvgIpc) is 2.56. The van der Waals surface area contributed by atoms with Crippen molar-refractivity contribution in [2.24, 2.45) is 0 Å². The molecule has 5 nitrogen and oxygen atoms in total. The largest absolute Gasteiger partial charge is 0.415 e. The Morgan fingerprint density at radius 3 is 2.58 bits per heavy atom. The van der Waals surface area contributed by atoms with Crippen LogP contribution in [0.1, 0.15) is 12.5 Å². The first kappa shape index (κ1) is 17.9. The molecule has 0 heterocycles. The standard InChI is InChI=1S/C18H20N2O3S/c1-3-24-17(21)19-15-10-7-11-16(12-15)23-18(22)20(2)13-14-8-5-4-6-9-14/h4-12H,3,13H2,1-2H3,(H,19,21). The highest BCUT2D eigenvalue weighted by atomic mass is 32.2. The SMILES string of the molecule is CCSC(=O)Nc1cccc(OC(=O)N(C)Cc2ccccc2)c1. The summed E-state index contributed by atoms with van der Waals surface area (Å²) in [6.07, 6.45) is -0.453. The molecule has 2 amide bonds. The summed E-state index contributed by atoms with van der Waals surface area (Å²) in [6.45, 7) is 2.37. The molecule has 2 aromatic carbocycles. The number of hydrogen-bond acceptors (Lipinski definition) is 4. The van der Waals surface area contributed by atoms with Crippen molar-refractivity contribution in [3.05, 3.63) is 60.2 Å². The van der Waals surface area contributed by atoms with Crippen LogP contribution in [0, 0.1) is 0 Å². The second-order valence-electron chi connectivity index (χ2n) is 5.08. The summed E-state index contributed by atoms with van der Waals surface area (Å²) in [5.41, 5.74) is 1.62. The predicted molar refractivity (Wildman–Crippen MR) is 97.5 cm³/mol. The summed E-state index contributed by atoms with van der Waals surface area (Å²) < 4.78 is 5.36. The summed E-state index contributed by atoms with van der Waals surface area (Å²) in [6, 6.07) is 16.5. The number of rotatable bonds is 5. The molecule has 6 heteroatoms. The Hall–Kier alpha value is -2.47. The van der Waals surface area contributed by atoms with Gasteiger partial charge in [-0.25, -0.2) is 4.79 Å². The molecule has 1 N–H and O–H groups in total. The van der Waals surface area contributed by atoms with Crippen LogP contribution < -0.4 is 10.1 Å². The quantitative estimate of drug-likeness (QED) is 0.861. The van der Waals surface area contributed by atoms with Crippen molar-refractivity contribution < 1.29 is 14.3 Å². The summed E-state index contributed by atoms with van der Waals surface area (Å²) in [7, 11) is 1.68. The van der Waals surface area contributed by atoms with Gasteiger partial charge in [-0.3, -0.25) is 4.79 Å². The lowest BCUT2D eigenvalue weighted by Gasteiger charge is -2.17. The van der Waals surface area contributed by atoms with Gasteiger partial charge in [0.05, 0.1) is 0 Å². The van der Waals surface area contributed by atoms with E-state index in [4.69, 9.17) is 4.74 Å². The molecule has 0 saturated heterocycles. The molecule has 0 aliphatic heterocycles. The normalized spacial score (nSPS) is 10.1. The molecule has 0 aromatic heterocycles. The first-order valence-electron chi connectivity index (χ1n) is 7.59. The molecular formula is C18H20N2O3S. The first-order chi connectivity index (χ1) is 11.6. The third-order valence-corrected chi connectivity index (χ3v) is 3.79. The van der Waals surface area contributed by atoms with Crippen molar-refractivity contribution in [3.8, 4) is 5.75 Å². The fourth-order valence-corrected chi connectivity index (χ4v) is 2.48. The maximum Gasteiger partial charge on any atom is 0.415 e. The number of nitrogens with one attached hydrogen (secondary N) is 1. The highest BCUT2D eigenvalue weighted by Gasteiger charge is 2.12. The van der Waals surface area contributed by atoms with Crippen molar-refractivity contribution in [2.45, 2.75) is 13.5 Å². The Balaban J connectivity index is 1.94. The average molecular weight is 344 g/mol. The predicted octanol–water partition coefficient (Wildman–Crippen LogP) is 4.60. The molecule has 0 bridgehead atoms. The van der Waals surface area contributed by atoms with Crippen LogP contribution in [0.2, 0.25) is 0 Å². The van der Waals surface area contributed by atoms with E-state index in [1.54, 1.807) is 31.3 Å². The molecule has 0 unspecified atom stereocenters. The molecule has 126 valence electrons. The van der Waals surface area contributed by atoms with Crippen LogP contribution in [0.5, 0.6) is 5.75 Å². The number of nitrogens with zero attached hydrogens (tertiary/aromatic N) is 1. The van der Waals surface area contributed by atoms with Gasteiger partial charge in [-0.2, -0.15) is 0 Å². The van der Waals surface area contributed by atoms with Gasteiger partial charge in [0.2, 0.25) is 0 Å². The minimum absolute atomic E-state index is 0.137. The Labute approximate surface area is 146 Å². The molecule has 24 heavy (non-hydrogen) atoms. The zero-order valence-corrected chi connectivity index (χ0v) is 14.5. The van der Waals surface area contributed by atoms with Gasteiger partial charge in [-0.05, 0) is 23.4 Å². The van der Waals surface area contributed by atoms with Gasteiger partial charge in [-0.1, -0.05) is 55.1 Å². The van der Waals surface area contributed by atoms with Gasteiger partial charge < -0.3 is 15.0 Å². The minimum atomic E-state index is -0.453. The number of carbonyl (C=O) groups is 2. The molecule has 2 aromatic rings. The summed E-state index contributed by atoms with van der Waals surface area (Å²) >= 11 is 1.19. The second kappa shape index (κ2) is 8.98. The van der Waals surface area contributed by atoms with Crippen molar-refractivity contribution in [1.29, 1.82) is 0 Å². The molecular weight excluding hydrogens is 324 g/mol. The van der Waals surface area contributed by atoms with E-state index in [0.717, 1.165) is 5.56 Å². The number of thioether (sulfide) groups is 1. The topological polar surface area (TPSA) is 58.6 Å². The number of amides is 2. The van der Waals surface area contributed by atoms with Crippen LogP contribution in [0.25, 0.3) is 0 Å². The summed E-state index contributed by atoms with van der Waals surface area (Å²) in [4.78, 5) is 25.3.